The number of nitrogens with one attached hydrogen (secondary N) is 1. The van der Waals surface area contributed by atoms with Gasteiger partial charge in [-0.15, -0.1) is 0 Å². The fraction of sp³-hybridized carbons (Fsp3) is 0.600. The second-order valence-electron chi connectivity index (χ2n) is 4.63. The molecule has 0 aliphatic carbocycles. The van der Waals surface area contributed by atoms with Gasteiger partial charge in [0.2, 0.25) is 0 Å². The van der Waals surface area contributed by atoms with E-state index in [0.717, 1.165) is 25.4 Å². The van der Waals surface area contributed by atoms with E-state index in [1.807, 2.05) is 0 Å². The second kappa shape index (κ2) is 8.13. The summed E-state index contributed by atoms with van der Waals surface area (Å²) in [6.07, 6.45) is 2.46. The minimum atomic E-state index is 0.640. The summed E-state index contributed by atoms with van der Waals surface area (Å²) in [5, 5.41) is 3.31. The number of ether oxygens (including phenoxy) is 1. The van der Waals surface area contributed by atoms with E-state index >= 15 is 0 Å². The molecule has 0 aromatic heterocycles. The molecule has 0 aliphatic rings. The molecular weight excluding hydrogens is 210 g/mol. The van der Waals surface area contributed by atoms with Gasteiger partial charge in [-0.1, -0.05) is 39.3 Å². The van der Waals surface area contributed by atoms with Crippen LogP contribution in [0.5, 0.6) is 5.75 Å². The van der Waals surface area contributed by atoms with Gasteiger partial charge in [0.05, 0.1) is 6.61 Å². The minimum absolute atomic E-state index is 0.640. The van der Waals surface area contributed by atoms with Crippen molar-refractivity contribution in [3.8, 4) is 5.75 Å². The highest BCUT2D eigenvalue weighted by Gasteiger charge is 2.01. The fourth-order valence-electron chi connectivity index (χ4n) is 1.79. The van der Waals surface area contributed by atoms with E-state index in [2.05, 4.69) is 50.4 Å². The predicted molar refractivity (Wildman–Crippen MR) is 73.4 cm³/mol. The van der Waals surface area contributed by atoms with Crippen LogP contribution in [-0.2, 0) is 6.54 Å². The summed E-state index contributed by atoms with van der Waals surface area (Å²) in [4.78, 5) is 0. The Kier molecular flexibility index (Phi) is 6.71. The smallest absolute Gasteiger partial charge is 0.119 e. The SMILES string of the molecule is CCCC(C)COc1ccc(CNCC)cc1. The van der Waals surface area contributed by atoms with Gasteiger partial charge in [0.15, 0.2) is 0 Å². The summed E-state index contributed by atoms with van der Waals surface area (Å²) in [6.45, 7) is 9.33. The Morgan fingerprint density at radius 3 is 2.47 bits per heavy atom. The largest absolute Gasteiger partial charge is 0.493 e. The lowest BCUT2D eigenvalue weighted by Crippen LogP contribution is -2.11. The van der Waals surface area contributed by atoms with E-state index in [1.165, 1.54) is 18.4 Å². The lowest BCUT2D eigenvalue weighted by molar-refractivity contribution is 0.251. The third kappa shape index (κ3) is 5.73. The third-order valence-corrected chi connectivity index (χ3v) is 2.82. The normalized spacial score (nSPS) is 12.4. The molecule has 2 heteroatoms. The Morgan fingerprint density at radius 2 is 1.88 bits per heavy atom. The van der Waals surface area contributed by atoms with Crippen LogP contribution in [0.1, 0.15) is 39.2 Å². The Bertz CT molecular complexity index is 294. The van der Waals surface area contributed by atoms with Gasteiger partial charge < -0.3 is 10.1 Å². The third-order valence-electron chi connectivity index (χ3n) is 2.82. The maximum absolute atomic E-state index is 5.76. The monoisotopic (exact) mass is 235 g/mol. The van der Waals surface area contributed by atoms with Crippen molar-refractivity contribution in [2.45, 2.75) is 40.2 Å². The van der Waals surface area contributed by atoms with Crippen LogP contribution in [0.2, 0.25) is 0 Å². The van der Waals surface area contributed by atoms with Crippen LogP contribution < -0.4 is 10.1 Å². The molecule has 0 heterocycles. The molecule has 96 valence electrons. The van der Waals surface area contributed by atoms with Crippen molar-refractivity contribution >= 4 is 0 Å². The zero-order valence-corrected chi connectivity index (χ0v) is 11.3. The maximum Gasteiger partial charge on any atom is 0.119 e. The summed E-state index contributed by atoms with van der Waals surface area (Å²) in [5.41, 5.74) is 1.31. The Balaban J connectivity index is 2.34. The highest BCUT2D eigenvalue weighted by molar-refractivity contribution is 5.27. The van der Waals surface area contributed by atoms with E-state index < -0.39 is 0 Å². The summed E-state index contributed by atoms with van der Waals surface area (Å²) in [5.74, 6) is 1.62. The van der Waals surface area contributed by atoms with Crippen molar-refractivity contribution in [2.24, 2.45) is 5.92 Å². The average Bonchev–Trinajstić information content (AvgIpc) is 2.35. The molecule has 1 N–H and O–H groups in total. The van der Waals surface area contributed by atoms with Crippen molar-refractivity contribution in [1.82, 2.24) is 5.32 Å². The van der Waals surface area contributed by atoms with E-state index in [4.69, 9.17) is 4.74 Å². The molecule has 0 aliphatic heterocycles. The lowest BCUT2D eigenvalue weighted by atomic mass is 10.1. The molecule has 0 fully saturated rings. The molecule has 17 heavy (non-hydrogen) atoms. The van der Waals surface area contributed by atoms with Crippen molar-refractivity contribution in [2.75, 3.05) is 13.2 Å². The van der Waals surface area contributed by atoms with E-state index in [-0.39, 0.29) is 0 Å². The zero-order valence-electron chi connectivity index (χ0n) is 11.3. The van der Waals surface area contributed by atoms with Gasteiger partial charge in [-0.3, -0.25) is 0 Å². The van der Waals surface area contributed by atoms with Crippen LogP contribution in [0.15, 0.2) is 24.3 Å². The van der Waals surface area contributed by atoms with Gasteiger partial charge in [0.25, 0.3) is 0 Å². The molecule has 2 nitrogen and oxygen atoms in total. The van der Waals surface area contributed by atoms with Crippen molar-refractivity contribution < 1.29 is 4.74 Å². The molecule has 1 atom stereocenters. The molecule has 1 aromatic carbocycles. The first-order chi connectivity index (χ1) is 8.26. The van der Waals surface area contributed by atoms with Crippen LogP contribution in [0.3, 0.4) is 0 Å². The predicted octanol–water partition coefficient (Wildman–Crippen LogP) is 3.61. The highest BCUT2D eigenvalue weighted by Crippen LogP contribution is 2.14. The quantitative estimate of drug-likeness (QED) is 0.743. The summed E-state index contributed by atoms with van der Waals surface area (Å²) in [6, 6.07) is 8.38. The van der Waals surface area contributed by atoms with Crippen LogP contribution in [0.25, 0.3) is 0 Å². The molecule has 0 bridgehead atoms. The molecule has 1 unspecified atom stereocenters. The first-order valence-corrected chi connectivity index (χ1v) is 6.68. The average molecular weight is 235 g/mol. The van der Waals surface area contributed by atoms with Crippen LogP contribution in [0.4, 0.5) is 0 Å². The molecule has 0 saturated carbocycles. The van der Waals surface area contributed by atoms with Crippen molar-refractivity contribution in [3.05, 3.63) is 29.8 Å². The van der Waals surface area contributed by atoms with Crippen LogP contribution in [0, 0.1) is 5.92 Å². The van der Waals surface area contributed by atoms with Crippen LogP contribution >= 0.6 is 0 Å². The van der Waals surface area contributed by atoms with Gasteiger partial charge in [-0.25, -0.2) is 0 Å². The molecule has 0 saturated heterocycles. The van der Waals surface area contributed by atoms with Gasteiger partial charge in [0.1, 0.15) is 5.75 Å². The van der Waals surface area contributed by atoms with E-state index in [9.17, 15) is 0 Å². The van der Waals surface area contributed by atoms with E-state index in [1.54, 1.807) is 0 Å². The minimum Gasteiger partial charge on any atom is -0.493 e. The van der Waals surface area contributed by atoms with E-state index in [0.29, 0.717) is 5.92 Å². The van der Waals surface area contributed by atoms with Crippen LogP contribution in [-0.4, -0.2) is 13.2 Å². The summed E-state index contributed by atoms with van der Waals surface area (Å²) >= 11 is 0. The first kappa shape index (κ1) is 14.0. The lowest BCUT2D eigenvalue weighted by Gasteiger charge is -2.12. The van der Waals surface area contributed by atoms with Crippen molar-refractivity contribution in [1.29, 1.82) is 0 Å². The van der Waals surface area contributed by atoms with Gasteiger partial charge in [-0.05, 0) is 36.6 Å². The highest BCUT2D eigenvalue weighted by atomic mass is 16.5. The zero-order chi connectivity index (χ0) is 12.5. The molecule has 0 spiro atoms. The number of hydrogen-bond acceptors (Lipinski definition) is 2. The Hall–Kier alpha value is -1.02. The Morgan fingerprint density at radius 1 is 1.18 bits per heavy atom. The standard InChI is InChI=1S/C15H25NO/c1-4-6-13(3)12-17-15-9-7-14(8-10-15)11-16-5-2/h7-10,13,16H,4-6,11-12H2,1-3H3. The summed E-state index contributed by atoms with van der Waals surface area (Å²) < 4.78 is 5.76. The first-order valence-electron chi connectivity index (χ1n) is 6.68. The molecule has 1 rings (SSSR count). The topological polar surface area (TPSA) is 21.3 Å². The number of benzene rings is 1. The van der Waals surface area contributed by atoms with Gasteiger partial charge >= 0.3 is 0 Å². The number of hydrogen-bond donors (Lipinski definition) is 1. The Labute approximate surface area is 105 Å². The van der Waals surface area contributed by atoms with Gasteiger partial charge in [-0.2, -0.15) is 0 Å². The molecule has 1 aromatic rings. The molecular formula is C15H25NO. The summed E-state index contributed by atoms with van der Waals surface area (Å²) in [7, 11) is 0. The van der Waals surface area contributed by atoms with Crippen molar-refractivity contribution in [3.63, 3.8) is 0 Å². The maximum atomic E-state index is 5.76. The molecule has 0 radical (unpaired) electrons. The van der Waals surface area contributed by atoms with Gasteiger partial charge in [0, 0.05) is 6.54 Å². The second-order valence-corrected chi connectivity index (χ2v) is 4.63. The molecule has 0 amide bonds. The number of rotatable bonds is 8. The fourth-order valence-corrected chi connectivity index (χ4v) is 1.79.